The summed E-state index contributed by atoms with van der Waals surface area (Å²) in [5.74, 6) is -0.377. The molecule has 21 heavy (non-hydrogen) atoms. The summed E-state index contributed by atoms with van der Waals surface area (Å²) in [5, 5.41) is 15.5. The van der Waals surface area contributed by atoms with Crippen LogP contribution < -0.4 is 10.6 Å². The quantitative estimate of drug-likeness (QED) is 0.811. The largest absolute Gasteiger partial charge is 0.387 e. The van der Waals surface area contributed by atoms with E-state index in [2.05, 4.69) is 10.6 Å². The van der Waals surface area contributed by atoms with Gasteiger partial charge in [0.15, 0.2) is 0 Å². The molecule has 0 spiro atoms. The molecule has 2 aromatic rings. The van der Waals surface area contributed by atoms with Crippen molar-refractivity contribution < 1.29 is 14.3 Å². The zero-order valence-electron chi connectivity index (χ0n) is 11.0. The van der Waals surface area contributed by atoms with E-state index in [1.165, 1.54) is 24.3 Å². The molecule has 6 heteroatoms. The van der Waals surface area contributed by atoms with Crippen molar-refractivity contribution in [2.45, 2.75) is 6.10 Å². The lowest BCUT2D eigenvalue weighted by Crippen LogP contribution is -2.32. The zero-order valence-corrected chi connectivity index (χ0v) is 11.8. The van der Waals surface area contributed by atoms with Gasteiger partial charge in [-0.1, -0.05) is 23.7 Å². The fraction of sp³-hybridized carbons (Fsp3) is 0.133. The molecule has 0 aromatic heterocycles. The highest BCUT2D eigenvalue weighted by molar-refractivity contribution is 6.30. The smallest absolute Gasteiger partial charge is 0.319 e. The lowest BCUT2D eigenvalue weighted by molar-refractivity contribution is 0.175. The number of rotatable bonds is 4. The predicted molar refractivity (Wildman–Crippen MR) is 79.8 cm³/mol. The number of anilines is 1. The van der Waals surface area contributed by atoms with Crippen molar-refractivity contribution in [2.75, 3.05) is 11.9 Å². The molecular weight excluding hydrogens is 295 g/mol. The van der Waals surface area contributed by atoms with Crippen molar-refractivity contribution in [3.05, 3.63) is 64.9 Å². The summed E-state index contributed by atoms with van der Waals surface area (Å²) in [6, 6.07) is 11.7. The minimum atomic E-state index is -0.859. The van der Waals surface area contributed by atoms with Gasteiger partial charge in [-0.15, -0.1) is 0 Å². The Bertz CT molecular complexity index is 619. The highest BCUT2D eigenvalue weighted by Gasteiger charge is 2.10. The number of amides is 2. The van der Waals surface area contributed by atoms with Gasteiger partial charge < -0.3 is 15.7 Å². The highest BCUT2D eigenvalue weighted by Crippen LogP contribution is 2.17. The number of aliphatic hydroxyl groups excluding tert-OH is 1. The van der Waals surface area contributed by atoms with Crippen molar-refractivity contribution in [1.82, 2.24) is 5.32 Å². The number of halogens is 2. The SMILES string of the molecule is O=C(NC[C@H](O)c1cccc(Cl)c1)Nc1ccc(F)cc1. The first-order valence-electron chi connectivity index (χ1n) is 6.28. The van der Waals surface area contributed by atoms with Crippen LogP contribution in [-0.4, -0.2) is 17.7 Å². The second kappa shape index (κ2) is 7.06. The first kappa shape index (κ1) is 15.3. The van der Waals surface area contributed by atoms with E-state index >= 15 is 0 Å². The molecular formula is C15H14ClFN2O2. The fourth-order valence-corrected chi connectivity index (χ4v) is 1.93. The maximum atomic E-state index is 12.7. The summed E-state index contributed by atoms with van der Waals surface area (Å²) < 4.78 is 12.7. The molecule has 0 unspecified atom stereocenters. The molecule has 0 radical (unpaired) electrons. The van der Waals surface area contributed by atoms with Crippen LogP contribution in [0.4, 0.5) is 14.9 Å². The number of nitrogens with one attached hydrogen (secondary N) is 2. The molecule has 2 amide bonds. The zero-order chi connectivity index (χ0) is 15.2. The number of benzene rings is 2. The standard InChI is InChI=1S/C15H14ClFN2O2/c16-11-3-1-2-10(8-11)14(20)9-18-15(21)19-13-6-4-12(17)5-7-13/h1-8,14,20H,9H2,(H2,18,19,21)/t14-/m0/s1. The van der Waals surface area contributed by atoms with Crippen LogP contribution in [0, 0.1) is 5.82 Å². The first-order valence-corrected chi connectivity index (χ1v) is 6.66. The Morgan fingerprint density at radius 2 is 1.95 bits per heavy atom. The number of urea groups is 1. The Morgan fingerprint density at radius 1 is 1.24 bits per heavy atom. The van der Waals surface area contributed by atoms with Crippen molar-refractivity contribution in [2.24, 2.45) is 0 Å². The van der Waals surface area contributed by atoms with Crippen LogP contribution in [0.2, 0.25) is 5.02 Å². The average Bonchev–Trinajstić information content (AvgIpc) is 2.47. The molecule has 2 rings (SSSR count). The molecule has 0 aliphatic carbocycles. The minimum Gasteiger partial charge on any atom is -0.387 e. The van der Waals surface area contributed by atoms with Crippen LogP contribution in [0.25, 0.3) is 0 Å². The molecule has 3 N–H and O–H groups in total. The van der Waals surface area contributed by atoms with E-state index in [1.807, 2.05) is 0 Å². The third-order valence-electron chi connectivity index (χ3n) is 2.79. The summed E-state index contributed by atoms with van der Waals surface area (Å²) in [4.78, 5) is 11.6. The third kappa shape index (κ3) is 4.73. The second-order valence-corrected chi connectivity index (χ2v) is 4.85. The van der Waals surface area contributed by atoms with Crippen LogP contribution >= 0.6 is 11.6 Å². The monoisotopic (exact) mass is 308 g/mol. The lowest BCUT2D eigenvalue weighted by Gasteiger charge is -2.13. The number of aliphatic hydroxyl groups is 1. The van der Waals surface area contributed by atoms with Crippen molar-refractivity contribution in [3.63, 3.8) is 0 Å². The summed E-state index contributed by atoms with van der Waals surface area (Å²) in [6.45, 7) is 0.0351. The van der Waals surface area contributed by atoms with Crippen LogP contribution in [0.3, 0.4) is 0 Å². The van der Waals surface area contributed by atoms with Crippen LogP contribution in [0.15, 0.2) is 48.5 Å². The Kier molecular flexibility index (Phi) is 5.14. The molecule has 0 aliphatic heterocycles. The van der Waals surface area contributed by atoms with E-state index < -0.39 is 12.1 Å². The number of carbonyl (C=O) groups excluding carboxylic acids is 1. The molecule has 110 valence electrons. The van der Waals surface area contributed by atoms with E-state index in [9.17, 15) is 14.3 Å². The van der Waals surface area contributed by atoms with Crippen LogP contribution in [-0.2, 0) is 0 Å². The summed E-state index contributed by atoms with van der Waals surface area (Å²) in [6.07, 6.45) is -0.859. The summed E-state index contributed by atoms with van der Waals surface area (Å²) in [7, 11) is 0. The van der Waals surface area contributed by atoms with Gasteiger partial charge in [0, 0.05) is 17.3 Å². The molecule has 0 bridgehead atoms. The number of hydrogen-bond donors (Lipinski definition) is 3. The average molecular weight is 309 g/mol. The topological polar surface area (TPSA) is 61.4 Å². The van der Waals surface area contributed by atoms with Gasteiger partial charge in [-0.05, 0) is 42.0 Å². The molecule has 0 saturated heterocycles. The number of carbonyl (C=O) groups is 1. The Balaban J connectivity index is 1.84. The van der Waals surface area contributed by atoms with E-state index in [0.717, 1.165) is 0 Å². The third-order valence-corrected chi connectivity index (χ3v) is 3.03. The van der Waals surface area contributed by atoms with Crippen molar-refractivity contribution >= 4 is 23.3 Å². The second-order valence-electron chi connectivity index (χ2n) is 4.41. The maximum absolute atomic E-state index is 12.7. The first-order chi connectivity index (χ1) is 10.0. The van der Waals surface area contributed by atoms with Gasteiger partial charge in [-0.25, -0.2) is 9.18 Å². The van der Waals surface area contributed by atoms with Gasteiger partial charge in [-0.3, -0.25) is 0 Å². The predicted octanol–water partition coefficient (Wildman–Crippen LogP) is 3.33. The fourth-order valence-electron chi connectivity index (χ4n) is 1.73. The molecule has 0 aliphatic rings. The van der Waals surface area contributed by atoms with E-state index in [0.29, 0.717) is 16.3 Å². The molecule has 0 heterocycles. The molecule has 4 nitrogen and oxygen atoms in total. The van der Waals surface area contributed by atoms with Crippen molar-refractivity contribution in [1.29, 1.82) is 0 Å². The maximum Gasteiger partial charge on any atom is 0.319 e. The van der Waals surface area contributed by atoms with Gasteiger partial charge >= 0.3 is 6.03 Å². The van der Waals surface area contributed by atoms with Gasteiger partial charge in [0.25, 0.3) is 0 Å². The molecule has 0 saturated carbocycles. The highest BCUT2D eigenvalue weighted by atomic mass is 35.5. The van der Waals surface area contributed by atoms with Crippen LogP contribution in [0.5, 0.6) is 0 Å². The van der Waals surface area contributed by atoms with E-state index in [1.54, 1.807) is 24.3 Å². The normalized spacial score (nSPS) is 11.8. The lowest BCUT2D eigenvalue weighted by atomic mass is 10.1. The van der Waals surface area contributed by atoms with Gasteiger partial charge in [0.05, 0.1) is 6.10 Å². The minimum absolute atomic E-state index is 0.0351. The van der Waals surface area contributed by atoms with Gasteiger partial charge in [0.2, 0.25) is 0 Å². The number of hydrogen-bond acceptors (Lipinski definition) is 2. The summed E-state index contributed by atoms with van der Waals surface area (Å²) in [5.41, 5.74) is 1.08. The molecule has 0 fully saturated rings. The van der Waals surface area contributed by atoms with E-state index in [4.69, 9.17) is 11.6 Å². The van der Waals surface area contributed by atoms with Crippen LogP contribution in [0.1, 0.15) is 11.7 Å². The summed E-state index contributed by atoms with van der Waals surface area (Å²) >= 11 is 5.83. The Labute approximate surface area is 126 Å². The molecule has 2 aromatic carbocycles. The Hall–Kier alpha value is -2.11. The van der Waals surface area contributed by atoms with Crippen molar-refractivity contribution in [3.8, 4) is 0 Å². The van der Waals surface area contributed by atoms with Gasteiger partial charge in [0.1, 0.15) is 5.82 Å². The van der Waals surface area contributed by atoms with Gasteiger partial charge in [-0.2, -0.15) is 0 Å². The molecule has 1 atom stereocenters. The van der Waals surface area contributed by atoms with E-state index in [-0.39, 0.29) is 12.4 Å². The Morgan fingerprint density at radius 3 is 2.62 bits per heavy atom.